The molecule has 0 aliphatic heterocycles. The molecule has 0 heterocycles. The minimum atomic E-state index is -1.06. The Morgan fingerprint density at radius 2 is 2.09 bits per heavy atom. The minimum Gasteiger partial charge on any atom is -0.449 e. The molecule has 1 aromatic rings. The number of ether oxygens (including phenoxy) is 1. The molecular weight excluding hydrogens is 322 g/mol. The number of nitrogen functional groups attached to an aromatic ring is 1. The Labute approximate surface area is 138 Å². The van der Waals surface area contributed by atoms with Gasteiger partial charge in [-0.3, -0.25) is 9.53 Å². The highest BCUT2D eigenvalue weighted by molar-refractivity contribution is 7.85. The normalized spacial score (nSPS) is 11.5. The lowest BCUT2D eigenvalue weighted by Gasteiger charge is -2.12. The SMILES string of the molecule is CCCOC(=O)NC(=S)Nc1ccc(S(=O)CCC)cc1N. The van der Waals surface area contributed by atoms with Crippen LogP contribution < -0.4 is 16.4 Å². The lowest BCUT2D eigenvalue weighted by molar-refractivity contribution is 0.152. The Morgan fingerprint density at radius 3 is 2.68 bits per heavy atom. The molecule has 1 rings (SSSR count). The summed E-state index contributed by atoms with van der Waals surface area (Å²) in [5.74, 6) is 0.593. The van der Waals surface area contributed by atoms with E-state index >= 15 is 0 Å². The highest BCUT2D eigenvalue weighted by Gasteiger charge is 2.09. The summed E-state index contributed by atoms with van der Waals surface area (Å²) >= 11 is 5.01. The van der Waals surface area contributed by atoms with E-state index in [0.717, 1.165) is 12.8 Å². The van der Waals surface area contributed by atoms with E-state index in [1.54, 1.807) is 18.2 Å². The fraction of sp³-hybridized carbons (Fsp3) is 0.429. The van der Waals surface area contributed by atoms with Crippen LogP contribution in [0.2, 0.25) is 0 Å². The predicted octanol–water partition coefficient (Wildman–Crippen LogP) is 2.62. The van der Waals surface area contributed by atoms with Gasteiger partial charge in [-0.1, -0.05) is 13.8 Å². The Hall–Kier alpha value is -1.67. The zero-order valence-electron chi connectivity index (χ0n) is 12.7. The van der Waals surface area contributed by atoms with Crippen LogP contribution in [0, 0.1) is 0 Å². The van der Waals surface area contributed by atoms with Gasteiger partial charge in [0.1, 0.15) is 0 Å². The molecule has 0 saturated heterocycles. The van der Waals surface area contributed by atoms with Gasteiger partial charge in [-0.05, 0) is 43.3 Å². The number of nitrogens with two attached hydrogens (primary N) is 1. The zero-order valence-corrected chi connectivity index (χ0v) is 14.3. The van der Waals surface area contributed by atoms with E-state index in [9.17, 15) is 9.00 Å². The van der Waals surface area contributed by atoms with Gasteiger partial charge >= 0.3 is 6.09 Å². The highest BCUT2D eigenvalue weighted by Crippen LogP contribution is 2.22. The zero-order chi connectivity index (χ0) is 16.5. The molecule has 0 bridgehead atoms. The van der Waals surface area contributed by atoms with Crippen LogP contribution in [0.3, 0.4) is 0 Å². The first-order valence-corrected chi connectivity index (χ1v) is 8.73. The maximum absolute atomic E-state index is 11.9. The van der Waals surface area contributed by atoms with Crippen LogP contribution in [-0.2, 0) is 15.5 Å². The largest absolute Gasteiger partial charge is 0.449 e. The summed E-state index contributed by atoms with van der Waals surface area (Å²) in [6, 6.07) is 5.05. The number of rotatable bonds is 6. The molecule has 0 radical (unpaired) electrons. The molecule has 1 atom stereocenters. The van der Waals surface area contributed by atoms with Gasteiger partial charge in [0, 0.05) is 10.6 Å². The van der Waals surface area contributed by atoms with Gasteiger partial charge in [0.25, 0.3) is 0 Å². The number of carbonyl (C=O) groups is 1. The number of anilines is 2. The van der Waals surface area contributed by atoms with Gasteiger partial charge in [0.05, 0.1) is 28.8 Å². The van der Waals surface area contributed by atoms with Gasteiger partial charge in [0.2, 0.25) is 0 Å². The van der Waals surface area contributed by atoms with Crippen LogP contribution in [0.5, 0.6) is 0 Å². The molecule has 4 N–H and O–H groups in total. The van der Waals surface area contributed by atoms with Crippen molar-refractivity contribution in [3.05, 3.63) is 18.2 Å². The number of hydrogen-bond acceptors (Lipinski definition) is 5. The van der Waals surface area contributed by atoms with Crippen molar-refractivity contribution in [3.63, 3.8) is 0 Å². The summed E-state index contributed by atoms with van der Waals surface area (Å²) in [6.07, 6.45) is 0.954. The molecule has 6 nitrogen and oxygen atoms in total. The second kappa shape index (κ2) is 9.37. The fourth-order valence-electron chi connectivity index (χ4n) is 1.58. The summed E-state index contributed by atoms with van der Waals surface area (Å²) in [5, 5.41) is 5.30. The lowest BCUT2D eigenvalue weighted by Crippen LogP contribution is -2.34. The first-order chi connectivity index (χ1) is 10.5. The molecular formula is C14H21N3O3S2. The van der Waals surface area contributed by atoms with Crippen LogP contribution >= 0.6 is 12.2 Å². The molecule has 0 aliphatic carbocycles. The third-order valence-corrected chi connectivity index (χ3v) is 4.34. The molecule has 1 unspecified atom stereocenters. The van der Waals surface area contributed by atoms with Crippen LogP contribution in [0.25, 0.3) is 0 Å². The number of thiocarbonyl (C=S) groups is 1. The summed E-state index contributed by atoms with van der Waals surface area (Å²) in [4.78, 5) is 12.0. The summed E-state index contributed by atoms with van der Waals surface area (Å²) in [5.41, 5.74) is 6.86. The van der Waals surface area contributed by atoms with E-state index < -0.39 is 16.9 Å². The van der Waals surface area contributed by atoms with Crippen LogP contribution in [-0.4, -0.2) is 27.8 Å². The average molecular weight is 343 g/mol. The van der Waals surface area contributed by atoms with Crippen molar-refractivity contribution < 1.29 is 13.7 Å². The number of nitrogens with one attached hydrogen (secondary N) is 2. The number of amides is 1. The van der Waals surface area contributed by atoms with Gasteiger partial charge in [-0.2, -0.15) is 0 Å². The Morgan fingerprint density at radius 1 is 1.36 bits per heavy atom. The summed E-state index contributed by atoms with van der Waals surface area (Å²) < 4.78 is 16.8. The van der Waals surface area contributed by atoms with Crippen molar-refractivity contribution in [3.8, 4) is 0 Å². The third kappa shape index (κ3) is 5.98. The van der Waals surface area contributed by atoms with Crippen molar-refractivity contribution in [1.82, 2.24) is 5.32 Å². The first-order valence-electron chi connectivity index (χ1n) is 7.00. The van der Waals surface area contributed by atoms with Crippen molar-refractivity contribution >= 4 is 45.6 Å². The maximum atomic E-state index is 11.9. The lowest BCUT2D eigenvalue weighted by atomic mass is 10.3. The number of hydrogen-bond donors (Lipinski definition) is 3. The van der Waals surface area contributed by atoms with Crippen LogP contribution in [0.15, 0.2) is 23.1 Å². The van der Waals surface area contributed by atoms with Gasteiger partial charge in [-0.25, -0.2) is 4.79 Å². The van der Waals surface area contributed by atoms with Crippen molar-refractivity contribution in [2.75, 3.05) is 23.4 Å². The van der Waals surface area contributed by atoms with E-state index in [2.05, 4.69) is 10.6 Å². The molecule has 1 aromatic carbocycles. The maximum Gasteiger partial charge on any atom is 0.413 e. The van der Waals surface area contributed by atoms with Gasteiger partial charge in [-0.15, -0.1) is 0 Å². The first kappa shape index (κ1) is 18.4. The Balaban J connectivity index is 2.64. The molecule has 0 aliphatic rings. The molecule has 1 amide bonds. The summed E-state index contributed by atoms with van der Waals surface area (Å²) in [7, 11) is -1.06. The van der Waals surface area contributed by atoms with Gasteiger partial charge in [0.15, 0.2) is 5.11 Å². The molecule has 122 valence electrons. The smallest absolute Gasteiger partial charge is 0.413 e. The number of benzene rings is 1. The molecule has 0 saturated carbocycles. The van der Waals surface area contributed by atoms with E-state index in [1.807, 2.05) is 13.8 Å². The highest BCUT2D eigenvalue weighted by atomic mass is 32.2. The monoisotopic (exact) mass is 343 g/mol. The molecule has 22 heavy (non-hydrogen) atoms. The number of carbonyl (C=O) groups excluding carboxylic acids is 1. The van der Waals surface area contributed by atoms with Crippen LogP contribution in [0.1, 0.15) is 26.7 Å². The Kier molecular flexibility index (Phi) is 7.83. The van der Waals surface area contributed by atoms with E-state index in [0.29, 0.717) is 28.6 Å². The average Bonchev–Trinajstić information content (AvgIpc) is 2.47. The quantitative estimate of drug-likeness (QED) is 0.543. The second-order valence-corrected chi connectivity index (χ2v) is 6.49. The molecule has 0 spiro atoms. The topological polar surface area (TPSA) is 93.5 Å². The van der Waals surface area contributed by atoms with Gasteiger partial charge < -0.3 is 15.8 Å². The van der Waals surface area contributed by atoms with Crippen molar-refractivity contribution in [2.45, 2.75) is 31.6 Å². The second-order valence-electron chi connectivity index (χ2n) is 4.51. The van der Waals surface area contributed by atoms with E-state index in [1.165, 1.54) is 0 Å². The molecule has 0 fully saturated rings. The standard InChI is InChI=1S/C14H21N3O3S2/c1-3-7-20-14(18)17-13(21)16-12-6-5-10(9-11(12)15)22(19)8-4-2/h5-6,9H,3-4,7-8,15H2,1-2H3,(H2,16,17,18,21). The number of alkyl carbamates (subject to hydrolysis) is 1. The van der Waals surface area contributed by atoms with E-state index in [-0.39, 0.29) is 5.11 Å². The molecule has 0 aromatic heterocycles. The predicted molar refractivity (Wildman–Crippen MR) is 93.4 cm³/mol. The van der Waals surface area contributed by atoms with E-state index in [4.69, 9.17) is 22.7 Å². The van der Waals surface area contributed by atoms with Crippen LogP contribution in [0.4, 0.5) is 16.2 Å². The fourth-order valence-corrected chi connectivity index (χ4v) is 2.85. The van der Waals surface area contributed by atoms with Crippen molar-refractivity contribution in [2.24, 2.45) is 0 Å². The van der Waals surface area contributed by atoms with Crippen molar-refractivity contribution in [1.29, 1.82) is 0 Å². The minimum absolute atomic E-state index is 0.0928. The summed E-state index contributed by atoms with van der Waals surface area (Å²) in [6.45, 7) is 4.20. The third-order valence-electron chi connectivity index (χ3n) is 2.58. The molecule has 8 heteroatoms. The Bertz CT molecular complexity index is 564.